The lowest BCUT2D eigenvalue weighted by Gasteiger charge is -2.35. The molecule has 8 rings (SSSR count). The number of carbonyl (C=O) groups excluding carboxylic acids is 8. The first-order valence-corrected chi connectivity index (χ1v) is 26.4. The van der Waals surface area contributed by atoms with E-state index in [2.05, 4.69) is 36.9 Å². The van der Waals surface area contributed by atoms with E-state index in [0.717, 1.165) is 49.5 Å². The van der Waals surface area contributed by atoms with Gasteiger partial charge in [-0.15, -0.1) is 39.1 Å². The van der Waals surface area contributed by atoms with Crippen LogP contribution in [-0.2, 0) is 44.8 Å². The molecule has 0 unspecified atom stereocenters. The molecule has 8 amide bonds. The molecule has 376 valence electrons. The number of hydrogen-bond acceptors (Lipinski definition) is 14. The quantitative estimate of drug-likeness (QED) is 0.106. The van der Waals surface area contributed by atoms with Crippen molar-refractivity contribution in [2.45, 2.75) is 119 Å². The minimum Gasteiger partial charge on any atom is -0.370 e. The first kappa shape index (κ1) is 50.8. The van der Waals surface area contributed by atoms with Gasteiger partial charge in [-0.05, 0) is 84.0 Å². The van der Waals surface area contributed by atoms with Crippen molar-refractivity contribution in [1.82, 2.24) is 46.5 Å². The Morgan fingerprint density at radius 2 is 1.51 bits per heavy atom. The highest BCUT2D eigenvalue weighted by Crippen LogP contribution is 2.37. The van der Waals surface area contributed by atoms with Crippen molar-refractivity contribution < 1.29 is 38.4 Å². The molecule has 11 N–H and O–H groups in total. The first-order valence-electron chi connectivity index (χ1n) is 23.8. The predicted octanol–water partition coefficient (Wildman–Crippen LogP) is 2.23. The van der Waals surface area contributed by atoms with E-state index in [1.807, 2.05) is 59.3 Å². The molecule has 3 fully saturated rings. The highest BCUT2D eigenvalue weighted by Gasteiger charge is 2.46. The molecule has 1 aromatic carbocycles. The Labute approximate surface area is 421 Å². The van der Waals surface area contributed by atoms with Crippen molar-refractivity contribution in [1.29, 1.82) is 0 Å². The smallest absolute Gasteiger partial charge is 0.246 e. The van der Waals surface area contributed by atoms with E-state index in [-0.39, 0.29) is 32.4 Å². The van der Waals surface area contributed by atoms with Gasteiger partial charge in [0.2, 0.25) is 47.3 Å². The molecular formula is C48H58N12O8S3. The predicted molar refractivity (Wildman–Crippen MR) is 268 cm³/mol. The number of amides is 8. The van der Waals surface area contributed by atoms with Crippen molar-refractivity contribution in [3.63, 3.8) is 0 Å². The second-order valence-electron chi connectivity index (χ2n) is 18.4. The summed E-state index contributed by atoms with van der Waals surface area (Å²) in [6.45, 7) is 0.0942. The molecule has 20 nitrogen and oxygen atoms in total. The van der Waals surface area contributed by atoms with Gasteiger partial charge in [0.25, 0.3) is 0 Å². The topological polar surface area (TPSA) is 309 Å². The molecule has 23 heteroatoms. The zero-order valence-electron chi connectivity index (χ0n) is 38.9. The van der Waals surface area contributed by atoms with E-state index in [1.165, 1.54) is 16.2 Å². The van der Waals surface area contributed by atoms with E-state index < -0.39 is 108 Å². The van der Waals surface area contributed by atoms with E-state index >= 15 is 9.59 Å². The van der Waals surface area contributed by atoms with Crippen LogP contribution in [0.15, 0.2) is 65.5 Å². The molecule has 1 saturated carbocycles. The lowest BCUT2D eigenvalue weighted by atomic mass is 9.83. The van der Waals surface area contributed by atoms with Crippen LogP contribution in [0.4, 0.5) is 0 Å². The monoisotopic (exact) mass is 1030 g/mol. The zero-order valence-corrected chi connectivity index (χ0v) is 41.3. The highest BCUT2D eigenvalue weighted by atomic mass is 32.1. The van der Waals surface area contributed by atoms with Gasteiger partial charge in [0.1, 0.15) is 35.9 Å². The van der Waals surface area contributed by atoms with Crippen molar-refractivity contribution >= 4 is 91.4 Å². The summed E-state index contributed by atoms with van der Waals surface area (Å²) in [7, 11) is 0. The SMILES string of the molecule is NC(=O)C[C@@H]1NC(=O)[C@@H](N)CC(=O)NCCCC[C@@H](C(N)=O)NC(=O)[C@H](Cc2csc3ccccc23)NC(=O)[C@@H]2C[C@H](n3cc(-c4ccc(-c5cccs5)s4)nn3)CN2C(=O)[C@H](C2CCCCC2)NC1=O. The van der Waals surface area contributed by atoms with Crippen LogP contribution in [0, 0.1) is 5.92 Å². The zero-order chi connectivity index (χ0) is 50.2. The average molecular weight is 1030 g/mol. The summed E-state index contributed by atoms with van der Waals surface area (Å²) in [5.74, 6) is -6.40. The lowest BCUT2D eigenvalue weighted by Crippen LogP contribution is -2.61. The number of nitrogens with one attached hydrogen (secondary N) is 5. The van der Waals surface area contributed by atoms with Gasteiger partial charge >= 0.3 is 0 Å². The Balaban J connectivity index is 1.16. The molecule has 0 radical (unpaired) electrons. The fourth-order valence-corrected chi connectivity index (χ4v) is 12.3. The molecule has 4 aromatic heterocycles. The van der Waals surface area contributed by atoms with Gasteiger partial charge in [-0.1, -0.05) is 48.7 Å². The number of carbonyl (C=O) groups is 8. The van der Waals surface area contributed by atoms with E-state index in [1.54, 1.807) is 33.6 Å². The number of hydrogen-bond donors (Lipinski definition) is 8. The van der Waals surface area contributed by atoms with Crippen LogP contribution >= 0.6 is 34.0 Å². The fraction of sp³-hybridized carbons (Fsp3) is 0.458. The second-order valence-corrected chi connectivity index (χ2v) is 21.3. The summed E-state index contributed by atoms with van der Waals surface area (Å²) in [4.78, 5) is 115. The van der Waals surface area contributed by atoms with Crippen LogP contribution in [0.2, 0.25) is 0 Å². The third kappa shape index (κ3) is 12.5. The number of benzene rings is 1. The van der Waals surface area contributed by atoms with Crippen LogP contribution in [-0.4, -0.2) is 116 Å². The highest BCUT2D eigenvalue weighted by molar-refractivity contribution is 7.23. The minimum atomic E-state index is -1.56. The number of primary amides is 2. The molecule has 5 aromatic rings. The van der Waals surface area contributed by atoms with Crippen molar-refractivity contribution in [3.05, 3.63) is 71.1 Å². The van der Waals surface area contributed by atoms with Gasteiger partial charge in [-0.3, -0.25) is 38.4 Å². The summed E-state index contributed by atoms with van der Waals surface area (Å²) in [6.07, 6.45) is 5.07. The summed E-state index contributed by atoms with van der Waals surface area (Å²) < 4.78 is 2.59. The van der Waals surface area contributed by atoms with Crippen LogP contribution < -0.4 is 43.8 Å². The Morgan fingerprint density at radius 1 is 0.761 bits per heavy atom. The van der Waals surface area contributed by atoms with E-state index in [4.69, 9.17) is 17.2 Å². The van der Waals surface area contributed by atoms with E-state index in [0.29, 0.717) is 31.4 Å². The van der Waals surface area contributed by atoms with Crippen LogP contribution in [0.5, 0.6) is 0 Å². The standard InChI is InChI=1S/C48H58N12O8S3/c49-30-21-41(62)52-17-7-6-12-31(43(51)63)53-45(65)32(19-27-25-70-36-13-5-4-11-29(27)36)55-47(67)35-20-28(60-24-34(57-58-60)37-15-16-39(71-37)38-14-8-18-69-38)23-59(35)48(68)42(26-9-2-1-3-10-26)56-46(66)33(22-40(50)61)54-44(30)64/h4-5,8,11,13-16,18,24-26,28,30-33,35,42H,1-3,6-7,9-10,12,17,19-23,49H2,(H2,50,61)(H2,51,63)(H,52,62)(H,53,65)(H,54,64)(H,55,67)(H,56,66)/t28-,30-,31-,32-,33-,35-,42-/m0/s1. The Morgan fingerprint density at radius 3 is 2.27 bits per heavy atom. The maximum Gasteiger partial charge on any atom is 0.246 e. The molecule has 6 heterocycles. The van der Waals surface area contributed by atoms with Gasteiger partial charge < -0.3 is 48.7 Å². The van der Waals surface area contributed by atoms with Gasteiger partial charge in [-0.2, -0.15) is 0 Å². The fourth-order valence-electron chi connectivity index (χ4n) is 9.57. The van der Waals surface area contributed by atoms with Crippen LogP contribution in [0.1, 0.15) is 82.2 Å². The molecule has 0 spiro atoms. The van der Waals surface area contributed by atoms with Crippen molar-refractivity contribution in [3.8, 4) is 20.3 Å². The van der Waals surface area contributed by atoms with Gasteiger partial charge in [0.05, 0.1) is 36.0 Å². The molecule has 3 aliphatic rings. The largest absolute Gasteiger partial charge is 0.370 e. The molecule has 1 aliphatic carbocycles. The summed E-state index contributed by atoms with van der Waals surface area (Å²) >= 11 is 4.65. The van der Waals surface area contributed by atoms with Crippen molar-refractivity contribution in [2.24, 2.45) is 23.1 Å². The maximum atomic E-state index is 15.4. The number of nitrogens with zero attached hydrogens (tertiary/aromatic N) is 4. The molecule has 0 bridgehead atoms. The molecular weight excluding hydrogens is 969 g/mol. The van der Waals surface area contributed by atoms with E-state index in [9.17, 15) is 28.8 Å². The number of thiophene rings is 3. The summed E-state index contributed by atoms with van der Waals surface area (Å²) in [5.41, 5.74) is 18.9. The van der Waals surface area contributed by atoms with Crippen LogP contribution in [0.25, 0.3) is 30.4 Å². The maximum absolute atomic E-state index is 15.4. The second kappa shape index (κ2) is 23.1. The third-order valence-corrected chi connectivity index (χ3v) is 16.5. The van der Waals surface area contributed by atoms with Crippen molar-refractivity contribution in [2.75, 3.05) is 13.1 Å². The number of aromatic nitrogens is 3. The summed E-state index contributed by atoms with van der Waals surface area (Å²) in [5, 5.41) is 27.5. The third-order valence-electron chi connectivity index (χ3n) is 13.4. The molecule has 71 heavy (non-hydrogen) atoms. The Kier molecular flexibility index (Phi) is 16.5. The number of rotatable bonds is 9. The summed E-state index contributed by atoms with van der Waals surface area (Å²) in [6, 6.07) is 7.25. The Bertz CT molecular complexity index is 2750. The van der Waals surface area contributed by atoms with Gasteiger partial charge in [-0.25, -0.2) is 4.68 Å². The van der Waals surface area contributed by atoms with Gasteiger partial charge in [0, 0.05) is 40.4 Å². The van der Waals surface area contributed by atoms with Crippen LogP contribution in [0.3, 0.4) is 0 Å². The first-order chi connectivity index (χ1) is 34.2. The van der Waals surface area contributed by atoms with Gasteiger partial charge in [0.15, 0.2) is 0 Å². The lowest BCUT2D eigenvalue weighted by molar-refractivity contribution is -0.144. The number of fused-ring (bicyclic) bond motifs is 2. The minimum absolute atomic E-state index is 0.0275. The Hall–Kier alpha value is -6.56. The normalized spacial score (nSPS) is 25.1. The number of nitrogens with two attached hydrogens (primary N) is 3. The molecule has 2 aliphatic heterocycles. The average Bonchev–Trinajstić information content (AvgIpc) is 4.22. The molecule has 2 saturated heterocycles. The molecule has 7 atom stereocenters.